The third-order valence-electron chi connectivity index (χ3n) is 3.56. The van der Waals surface area contributed by atoms with Gasteiger partial charge in [-0.15, -0.1) is 0 Å². The van der Waals surface area contributed by atoms with Gasteiger partial charge in [-0.1, -0.05) is 12.1 Å². The lowest BCUT2D eigenvalue weighted by molar-refractivity contribution is 0.0892. The highest BCUT2D eigenvalue weighted by Gasteiger charge is 2.28. The second-order valence-electron chi connectivity index (χ2n) is 4.62. The Bertz CT molecular complexity index is 451. The summed E-state index contributed by atoms with van der Waals surface area (Å²) in [5.74, 6) is 1.06. The topological polar surface area (TPSA) is 43.4 Å². The summed E-state index contributed by atoms with van der Waals surface area (Å²) < 4.78 is 5.29. The van der Waals surface area contributed by atoms with E-state index in [9.17, 15) is 9.59 Å². The van der Waals surface area contributed by atoms with Gasteiger partial charge in [0.1, 0.15) is 5.75 Å². The number of ketones is 1. The van der Waals surface area contributed by atoms with Crippen LogP contribution >= 0.6 is 0 Å². The fourth-order valence-corrected chi connectivity index (χ4v) is 2.61. The van der Waals surface area contributed by atoms with E-state index in [1.807, 2.05) is 24.5 Å². The predicted octanol–water partition coefficient (Wildman–Crippen LogP) is 2.72. The number of methoxy groups -OCH3 is 1. The van der Waals surface area contributed by atoms with Gasteiger partial charge in [-0.05, 0) is 31.7 Å². The van der Waals surface area contributed by atoms with Crippen molar-refractivity contribution in [3.8, 4) is 5.75 Å². The lowest BCUT2D eigenvalue weighted by atomic mass is 9.80. The monoisotopic (exact) mass is 245 g/mol. The molecule has 0 amide bonds. The lowest BCUT2D eigenvalue weighted by Crippen LogP contribution is -2.23. The van der Waals surface area contributed by atoms with Crippen molar-refractivity contribution in [3.05, 3.63) is 29.3 Å². The second kappa shape index (κ2) is 5.80. The van der Waals surface area contributed by atoms with Crippen LogP contribution in [0.25, 0.3) is 0 Å². The number of unbranched alkanes of at least 4 members (excludes halogenated alkanes) is 1. The smallest absolute Gasteiger partial charge is 0.198 e. The summed E-state index contributed by atoms with van der Waals surface area (Å²) in [7, 11) is 1.63. The fraction of sp³-hybridized carbons (Fsp3) is 0.467. The van der Waals surface area contributed by atoms with E-state index >= 15 is 0 Å². The summed E-state index contributed by atoms with van der Waals surface area (Å²) in [6.45, 7) is 0. The molecule has 0 aromatic heterocycles. The van der Waals surface area contributed by atoms with E-state index in [4.69, 9.17) is 4.74 Å². The molecule has 0 heterocycles. The molecule has 2 rings (SSSR count). The molecular weight excluding hydrogens is 228 g/mol. The lowest BCUT2D eigenvalue weighted by Gasteiger charge is -2.24. The van der Waals surface area contributed by atoms with Gasteiger partial charge in [-0.3, -0.25) is 9.59 Å². The Morgan fingerprint density at radius 3 is 3.00 bits per heavy atom. The summed E-state index contributed by atoms with van der Waals surface area (Å²) >= 11 is 0. The number of benzene rings is 1. The van der Waals surface area contributed by atoms with Gasteiger partial charge >= 0.3 is 0 Å². The zero-order valence-electron chi connectivity index (χ0n) is 10.6. The van der Waals surface area contributed by atoms with Crippen molar-refractivity contribution >= 4 is 12.1 Å². The molecule has 18 heavy (non-hydrogen) atoms. The summed E-state index contributed by atoms with van der Waals surface area (Å²) in [6, 6.07) is 5.63. The maximum absolute atomic E-state index is 12.3. The van der Waals surface area contributed by atoms with Crippen molar-refractivity contribution in [1.29, 1.82) is 0 Å². The van der Waals surface area contributed by atoms with Gasteiger partial charge in [0.15, 0.2) is 12.1 Å². The third-order valence-corrected chi connectivity index (χ3v) is 3.56. The van der Waals surface area contributed by atoms with Gasteiger partial charge in [0, 0.05) is 23.5 Å². The van der Waals surface area contributed by atoms with Crippen LogP contribution in [0.3, 0.4) is 0 Å². The first kappa shape index (κ1) is 12.8. The molecule has 0 N–H and O–H groups in total. The first-order valence-corrected chi connectivity index (χ1v) is 6.33. The number of Topliss-reactive ketones (excluding diaryl/α,β-unsaturated/α-hetero) is 1. The minimum Gasteiger partial charge on any atom is -0.496 e. The molecule has 0 saturated heterocycles. The molecule has 1 unspecified atom stereocenters. The summed E-state index contributed by atoms with van der Waals surface area (Å²) in [5, 5.41) is 0. The molecule has 0 bridgehead atoms. The van der Waals surface area contributed by atoms with Crippen molar-refractivity contribution in [2.45, 2.75) is 32.1 Å². The molecule has 1 aliphatic carbocycles. The SMILES string of the molecule is COc1cccc2c1CCC(CCC[C]=O)C2=O. The second-order valence-corrected chi connectivity index (χ2v) is 4.62. The Hall–Kier alpha value is -1.64. The highest BCUT2D eigenvalue weighted by atomic mass is 16.5. The Morgan fingerprint density at radius 1 is 1.44 bits per heavy atom. The van der Waals surface area contributed by atoms with Crippen molar-refractivity contribution in [3.63, 3.8) is 0 Å². The normalized spacial score (nSPS) is 18.3. The highest BCUT2D eigenvalue weighted by Crippen LogP contribution is 2.33. The number of rotatable bonds is 5. The largest absolute Gasteiger partial charge is 0.496 e. The molecule has 0 aliphatic heterocycles. The number of hydrogen-bond acceptors (Lipinski definition) is 3. The van der Waals surface area contributed by atoms with Crippen LogP contribution in [0.5, 0.6) is 5.75 Å². The van der Waals surface area contributed by atoms with Crippen LogP contribution in [0.15, 0.2) is 18.2 Å². The van der Waals surface area contributed by atoms with Crippen molar-refractivity contribution < 1.29 is 14.3 Å². The maximum Gasteiger partial charge on any atom is 0.198 e. The quantitative estimate of drug-likeness (QED) is 0.749. The van der Waals surface area contributed by atoms with Crippen LogP contribution in [0.1, 0.15) is 41.6 Å². The van der Waals surface area contributed by atoms with Gasteiger partial charge in [-0.2, -0.15) is 0 Å². The average molecular weight is 245 g/mol. The number of ether oxygens (including phenoxy) is 1. The van der Waals surface area contributed by atoms with Gasteiger partial charge in [0.25, 0.3) is 0 Å². The van der Waals surface area contributed by atoms with E-state index in [0.29, 0.717) is 6.42 Å². The van der Waals surface area contributed by atoms with Crippen LogP contribution in [-0.2, 0) is 11.2 Å². The van der Waals surface area contributed by atoms with Crippen LogP contribution in [0.2, 0.25) is 0 Å². The first-order chi connectivity index (χ1) is 8.77. The summed E-state index contributed by atoms with van der Waals surface area (Å²) in [5.41, 5.74) is 1.82. The molecule has 1 aromatic carbocycles. The minimum atomic E-state index is 0.0537. The van der Waals surface area contributed by atoms with E-state index in [1.165, 1.54) is 0 Å². The molecule has 0 saturated carbocycles. The standard InChI is InChI=1S/C15H17O3/c1-18-14-7-4-6-13-12(14)9-8-11(15(13)17)5-2-3-10-16/h4,6-7,11H,2-3,5,8-9H2,1H3. The molecule has 3 heteroatoms. The Labute approximate surface area is 107 Å². The van der Waals surface area contributed by atoms with E-state index in [1.54, 1.807) is 7.11 Å². The maximum atomic E-state index is 12.3. The minimum absolute atomic E-state index is 0.0537. The average Bonchev–Trinajstić information content (AvgIpc) is 2.41. The van der Waals surface area contributed by atoms with E-state index < -0.39 is 0 Å². The molecular formula is C15H17O3. The molecule has 0 spiro atoms. The highest BCUT2D eigenvalue weighted by molar-refractivity contribution is 6.00. The molecule has 0 fully saturated rings. The van der Waals surface area contributed by atoms with Gasteiger partial charge in [0.2, 0.25) is 0 Å². The van der Waals surface area contributed by atoms with Crippen molar-refractivity contribution in [2.75, 3.05) is 7.11 Å². The summed E-state index contributed by atoms with van der Waals surface area (Å²) in [6.07, 6.45) is 5.56. The molecule has 1 atom stereocenters. The number of carbonyl (C=O) groups excluding carboxylic acids is 2. The molecule has 95 valence electrons. The van der Waals surface area contributed by atoms with Crippen LogP contribution in [-0.4, -0.2) is 19.2 Å². The van der Waals surface area contributed by atoms with Gasteiger partial charge < -0.3 is 4.74 Å². The summed E-state index contributed by atoms with van der Waals surface area (Å²) in [4.78, 5) is 22.5. The van der Waals surface area contributed by atoms with E-state index in [0.717, 1.165) is 42.6 Å². The fourth-order valence-electron chi connectivity index (χ4n) is 2.61. The van der Waals surface area contributed by atoms with Crippen LogP contribution < -0.4 is 4.74 Å². The number of carbonyl (C=O) groups is 1. The predicted molar refractivity (Wildman–Crippen MR) is 68.7 cm³/mol. The number of hydrogen-bond donors (Lipinski definition) is 0. The first-order valence-electron chi connectivity index (χ1n) is 6.33. The van der Waals surface area contributed by atoms with E-state index in [2.05, 4.69) is 0 Å². The Kier molecular flexibility index (Phi) is 4.13. The molecule has 1 aliphatic rings. The Balaban J connectivity index is 2.15. The van der Waals surface area contributed by atoms with Crippen molar-refractivity contribution in [2.24, 2.45) is 5.92 Å². The van der Waals surface area contributed by atoms with E-state index in [-0.39, 0.29) is 11.7 Å². The molecule has 1 aromatic rings. The Morgan fingerprint density at radius 2 is 2.28 bits per heavy atom. The van der Waals surface area contributed by atoms with Crippen LogP contribution in [0.4, 0.5) is 0 Å². The molecule has 1 radical (unpaired) electrons. The van der Waals surface area contributed by atoms with Gasteiger partial charge in [-0.25, -0.2) is 0 Å². The third kappa shape index (κ3) is 2.45. The van der Waals surface area contributed by atoms with Crippen LogP contribution in [0, 0.1) is 5.92 Å². The number of fused-ring (bicyclic) bond motifs is 1. The van der Waals surface area contributed by atoms with Gasteiger partial charge in [0.05, 0.1) is 7.11 Å². The molecule has 3 nitrogen and oxygen atoms in total. The van der Waals surface area contributed by atoms with Crippen molar-refractivity contribution in [1.82, 2.24) is 0 Å². The zero-order valence-corrected chi connectivity index (χ0v) is 10.6. The zero-order chi connectivity index (χ0) is 13.0.